The molecule has 0 amide bonds. The van der Waals surface area contributed by atoms with Crippen LogP contribution in [0.3, 0.4) is 0 Å². The maximum absolute atomic E-state index is 4.31. The van der Waals surface area contributed by atoms with Crippen molar-refractivity contribution in [2.45, 2.75) is 38.9 Å². The van der Waals surface area contributed by atoms with Crippen molar-refractivity contribution in [1.82, 2.24) is 19.7 Å². The summed E-state index contributed by atoms with van der Waals surface area (Å²) < 4.78 is 1.98. The zero-order chi connectivity index (χ0) is 10.7. The summed E-state index contributed by atoms with van der Waals surface area (Å²) in [5.41, 5.74) is 0. The minimum atomic E-state index is 0.782. The number of hydrogen-bond donors (Lipinski definition) is 0. The van der Waals surface area contributed by atoms with Gasteiger partial charge in [-0.15, -0.1) is 0 Å². The first kappa shape index (κ1) is 11.1. The third-order valence-corrected chi connectivity index (χ3v) is 3.13. The monoisotopic (exact) mass is 272 g/mol. The molecule has 1 aromatic heterocycles. The molecule has 0 saturated heterocycles. The molecule has 4 nitrogen and oxygen atoms in total. The van der Waals surface area contributed by atoms with Crippen molar-refractivity contribution in [2.75, 3.05) is 11.9 Å². The number of aromatic nitrogens is 3. The maximum atomic E-state index is 4.31. The van der Waals surface area contributed by atoms with Crippen LogP contribution in [0.5, 0.6) is 0 Å². The molecular weight excluding hydrogens is 256 g/mol. The van der Waals surface area contributed by atoms with Crippen LogP contribution < -0.4 is 0 Å². The van der Waals surface area contributed by atoms with Crippen LogP contribution in [0.1, 0.15) is 25.6 Å². The van der Waals surface area contributed by atoms with Gasteiger partial charge in [-0.3, -0.25) is 4.90 Å². The highest BCUT2D eigenvalue weighted by Crippen LogP contribution is 2.27. The van der Waals surface area contributed by atoms with Crippen LogP contribution in [0.4, 0.5) is 0 Å². The highest BCUT2D eigenvalue weighted by molar-refractivity contribution is 9.09. The van der Waals surface area contributed by atoms with Gasteiger partial charge >= 0.3 is 0 Å². The minimum absolute atomic E-state index is 0.782. The van der Waals surface area contributed by atoms with Crippen molar-refractivity contribution in [3.8, 4) is 0 Å². The molecule has 1 heterocycles. The van der Waals surface area contributed by atoms with Crippen molar-refractivity contribution in [3.63, 3.8) is 0 Å². The lowest BCUT2D eigenvalue weighted by Gasteiger charge is -2.20. The molecule has 0 unspecified atom stereocenters. The number of hydrogen-bond acceptors (Lipinski definition) is 3. The molecule has 1 saturated carbocycles. The van der Waals surface area contributed by atoms with Gasteiger partial charge in [0.25, 0.3) is 0 Å². The fraction of sp³-hybridized carbons (Fsp3) is 0.800. The Labute approximate surface area is 98.8 Å². The van der Waals surface area contributed by atoms with Crippen LogP contribution in [0, 0.1) is 0 Å². The number of rotatable bonds is 6. The second-order valence-corrected chi connectivity index (χ2v) is 4.68. The van der Waals surface area contributed by atoms with Crippen molar-refractivity contribution in [3.05, 3.63) is 12.2 Å². The zero-order valence-corrected chi connectivity index (χ0v) is 10.7. The molecule has 0 aliphatic heterocycles. The summed E-state index contributed by atoms with van der Waals surface area (Å²) in [6.07, 6.45) is 4.33. The van der Waals surface area contributed by atoms with E-state index < -0.39 is 0 Å². The summed E-state index contributed by atoms with van der Waals surface area (Å²) in [6.45, 7) is 5.04. The van der Waals surface area contributed by atoms with Crippen LogP contribution in [0.15, 0.2) is 6.33 Å². The largest absolute Gasteiger partial charge is 0.292 e. The highest BCUT2D eigenvalue weighted by Gasteiger charge is 2.29. The molecule has 0 aromatic carbocycles. The normalized spacial score (nSPS) is 16.2. The molecule has 15 heavy (non-hydrogen) atoms. The predicted molar refractivity (Wildman–Crippen MR) is 62.9 cm³/mol. The van der Waals surface area contributed by atoms with E-state index in [9.17, 15) is 0 Å². The Balaban J connectivity index is 1.98. The average molecular weight is 273 g/mol. The van der Waals surface area contributed by atoms with Gasteiger partial charge in [0.15, 0.2) is 0 Å². The first-order valence-electron chi connectivity index (χ1n) is 5.51. The summed E-state index contributed by atoms with van der Waals surface area (Å²) >= 11 is 3.50. The van der Waals surface area contributed by atoms with Gasteiger partial charge in [-0.05, 0) is 19.8 Å². The summed E-state index contributed by atoms with van der Waals surface area (Å²) in [5, 5.41) is 5.23. The van der Waals surface area contributed by atoms with E-state index in [1.165, 1.54) is 12.8 Å². The highest BCUT2D eigenvalue weighted by atomic mass is 79.9. The van der Waals surface area contributed by atoms with Gasteiger partial charge in [-0.25, -0.2) is 9.67 Å². The lowest BCUT2D eigenvalue weighted by atomic mass is 10.4. The zero-order valence-electron chi connectivity index (χ0n) is 9.06. The average Bonchev–Trinajstić information content (AvgIpc) is 2.99. The van der Waals surface area contributed by atoms with Gasteiger partial charge in [0.05, 0.1) is 6.54 Å². The molecule has 5 heteroatoms. The quantitative estimate of drug-likeness (QED) is 0.739. The van der Waals surface area contributed by atoms with Crippen LogP contribution in [-0.4, -0.2) is 37.6 Å². The summed E-state index contributed by atoms with van der Waals surface area (Å²) in [6, 6.07) is 0.782. The SMILES string of the molecule is CCn1ncnc1CN(CCBr)C1CC1. The van der Waals surface area contributed by atoms with Crippen molar-refractivity contribution >= 4 is 15.9 Å². The van der Waals surface area contributed by atoms with E-state index in [4.69, 9.17) is 0 Å². The maximum Gasteiger partial charge on any atom is 0.141 e. The van der Waals surface area contributed by atoms with E-state index in [2.05, 4.69) is 37.8 Å². The summed E-state index contributed by atoms with van der Waals surface area (Å²) in [5.74, 6) is 1.09. The van der Waals surface area contributed by atoms with E-state index in [1.54, 1.807) is 6.33 Å². The first-order chi connectivity index (χ1) is 7.35. The molecule has 0 atom stereocenters. The Morgan fingerprint density at radius 1 is 1.60 bits per heavy atom. The molecule has 1 aromatic rings. The third-order valence-electron chi connectivity index (χ3n) is 2.77. The fourth-order valence-corrected chi connectivity index (χ4v) is 2.25. The van der Waals surface area contributed by atoms with Crippen LogP contribution in [0.2, 0.25) is 0 Å². The van der Waals surface area contributed by atoms with Crippen molar-refractivity contribution < 1.29 is 0 Å². The summed E-state index contributed by atoms with van der Waals surface area (Å²) in [4.78, 5) is 6.81. The second kappa shape index (κ2) is 5.07. The van der Waals surface area contributed by atoms with Gasteiger partial charge in [0, 0.05) is 24.5 Å². The van der Waals surface area contributed by atoms with Gasteiger partial charge < -0.3 is 0 Å². The van der Waals surface area contributed by atoms with E-state index in [-0.39, 0.29) is 0 Å². The van der Waals surface area contributed by atoms with E-state index in [0.717, 1.165) is 36.8 Å². The van der Waals surface area contributed by atoms with E-state index in [0.29, 0.717) is 0 Å². The molecule has 0 spiro atoms. The molecular formula is C10H17BrN4. The number of nitrogens with zero attached hydrogens (tertiary/aromatic N) is 4. The van der Waals surface area contributed by atoms with Gasteiger partial charge in [0.2, 0.25) is 0 Å². The molecule has 1 aliphatic rings. The van der Waals surface area contributed by atoms with E-state index >= 15 is 0 Å². The Morgan fingerprint density at radius 3 is 3.00 bits per heavy atom. The van der Waals surface area contributed by atoms with E-state index in [1.807, 2.05) is 4.68 Å². The molecule has 0 bridgehead atoms. The Bertz CT molecular complexity index is 308. The van der Waals surface area contributed by atoms with Crippen LogP contribution in [0.25, 0.3) is 0 Å². The lowest BCUT2D eigenvalue weighted by Crippen LogP contribution is -2.29. The second-order valence-electron chi connectivity index (χ2n) is 3.88. The topological polar surface area (TPSA) is 34.0 Å². The van der Waals surface area contributed by atoms with Gasteiger partial charge in [0.1, 0.15) is 12.2 Å². The number of halogens is 1. The Hall–Kier alpha value is -0.420. The molecule has 84 valence electrons. The minimum Gasteiger partial charge on any atom is -0.292 e. The van der Waals surface area contributed by atoms with Crippen molar-refractivity contribution in [1.29, 1.82) is 0 Å². The molecule has 0 N–H and O–H groups in total. The predicted octanol–water partition coefficient (Wildman–Crippen LogP) is 1.66. The number of alkyl halides is 1. The number of aryl methyl sites for hydroxylation is 1. The smallest absolute Gasteiger partial charge is 0.141 e. The third kappa shape index (κ3) is 2.78. The van der Waals surface area contributed by atoms with Gasteiger partial charge in [-0.2, -0.15) is 5.10 Å². The Kier molecular flexibility index (Phi) is 3.75. The molecule has 1 fully saturated rings. The standard InChI is InChI=1S/C10H17BrN4/c1-2-15-10(12-8-13-15)7-14(6-5-11)9-3-4-9/h8-9H,2-7H2,1H3. The fourth-order valence-electron chi connectivity index (χ4n) is 1.80. The summed E-state index contributed by atoms with van der Waals surface area (Å²) in [7, 11) is 0. The first-order valence-corrected chi connectivity index (χ1v) is 6.64. The van der Waals surface area contributed by atoms with Crippen molar-refractivity contribution in [2.24, 2.45) is 0 Å². The van der Waals surface area contributed by atoms with Crippen LogP contribution >= 0.6 is 15.9 Å². The molecule has 1 aliphatic carbocycles. The molecule has 2 rings (SSSR count). The van der Waals surface area contributed by atoms with Crippen LogP contribution in [-0.2, 0) is 13.1 Å². The van der Waals surface area contributed by atoms with Gasteiger partial charge in [-0.1, -0.05) is 15.9 Å². The molecule has 0 radical (unpaired) electrons. The lowest BCUT2D eigenvalue weighted by molar-refractivity contribution is 0.260. The Morgan fingerprint density at radius 2 is 2.40 bits per heavy atom.